The van der Waals surface area contributed by atoms with Crippen LogP contribution in [0, 0.1) is 0 Å². The molecule has 7 nitrogen and oxygen atoms in total. The van der Waals surface area contributed by atoms with Crippen LogP contribution in [0.4, 0.5) is 5.69 Å². The van der Waals surface area contributed by atoms with Crippen molar-refractivity contribution in [1.29, 1.82) is 0 Å². The maximum atomic E-state index is 13.4. The lowest BCUT2D eigenvalue weighted by atomic mass is 10.2. The number of anilines is 1. The zero-order valence-corrected chi connectivity index (χ0v) is 19.9. The summed E-state index contributed by atoms with van der Waals surface area (Å²) < 4.78 is 8.40. The van der Waals surface area contributed by atoms with E-state index in [-0.39, 0.29) is 6.54 Å². The maximum Gasteiger partial charge on any atom is 0.336 e. The Hall–Kier alpha value is -3.36. The summed E-state index contributed by atoms with van der Waals surface area (Å²) in [5.41, 5.74) is 0.174. The van der Waals surface area contributed by atoms with Gasteiger partial charge in [0.1, 0.15) is 12.3 Å². The first-order valence-electron chi connectivity index (χ1n) is 10.1. The molecule has 0 aliphatic heterocycles. The summed E-state index contributed by atoms with van der Waals surface area (Å²) in [5.74, 6) is 0.283. The lowest BCUT2D eigenvalue weighted by Gasteiger charge is -2.15. The smallest absolute Gasteiger partial charge is 0.336 e. The summed E-state index contributed by atoms with van der Waals surface area (Å²) in [4.78, 5) is 39.4. The van der Waals surface area contributed by atoms with Crippen molar-refractivity contribution in [2.75, 3.05) is 11.9 Å². The molecule has 1 N–H and O–H groups in total. The molecule has 0 atom stereocenters. The molecule has 168 valence electrons. The molecule has 0 spiro atoms. The van der Waals surface area contributed by atoms with Crippen molar-refractivity contribution in [1.82, 2.24) is 9.13 Å². The van der Waals surface area contributed by atoms with E-state index >= 15 is 0 Å². The van der Waals surface area contributed by atoms with Gasteiger partial charge in [0, 0.05) is 15.2 Å². The zero-order valence-electron chi connectivity index (χ0n) is 17.5. The fourth-order valence-corrected chi connectivity index (χ4v) is 3.95. The largest absolute Gasteiger partial charge is 0.494 e. The van der Waals surface area contributed by atoms with Crippen molar-refractivity contribution in [3.63, 3.8) is 0 Å². The fourth-order valence-electron chi connectivity index (χ4n) is 3.46. The van der Waals surface area contributed by atoms with Crippen LogP contribution >= 0.6 is 27.5 Å². The van der Waals surface area contributed by atoms with E-state index in [2.05, 4.69) is 21.2 Å². The van der Waals surface area contributed by atoms with Crippen molar-refractivity contribution in [3.05, 3.63) is 97.1 Å². The highest BCUT2D eigenvalue weighted by Gasteiger charge is 2.17. The van der Waals surface area contributed by atoms with Crippen LogP contribution in [-0.2, 0) is 11.3 Å². The Morgan fingerprint density at radius 2 is 1.73 bits per heavy atom. The molecule has 1 amide bonds. The molecule has 33 heavy (non-hydrogen) atoms. The van der Waals surface area contributed by atoms with Crippen molar-refractivity contribution in [2.45, 2.75) is 13.5 Å². The second kappa shape index (κ2) is 9.64. The maximum absolute atomic E-state index is 13.4. The number of carbonyl (C=O) groups is 1. The highest BCUT2D eigenvalue weighted by Crippen LogP contribution is 2.19. The number of nitrogens with zero attached hydrogens (tertiary/aromatic N) is 2. The van der Waals surface area contributed by atoms with Gasteiger partial charge >= 0.3 is 5.69 Å². The van der Waals surface area contributed by atoms with Crippen LogP contribution < -0.4 is 21.3 Å². The predicted octanol–water partition coefficient (Wildman–Crippen LogP) is 4.61. The van der Waals surface area contributed by atoms with E-state index in [4.69, 9.17) is 16.3 Å². The van der Waals surface area contributed by atoms with E-state index < -0.39 is 17.2 Å². The van der Waals surface area contributed by atoms with E-state index in [0.29, 0.717) is 44.1 Å². The van der Waals surface area contributed by atoms with Gasteiger partial charge in [-0.2, -0.15) is 0 Å². The van der Waals surface area contributed by atoms with E-state index in [1.807, 2.05) is 6.92 Å². The van der Waals surface area contributed by atoms with Crippen LogP contribution in [0.15, 0.2) is 80.8 Å². The molecule has 1 heterocycles. The molecular formula is C24H19BrClN3O4. The normalized spacial score (nSPS) is 10.9. The number of carbonyl (C=O) groups excluding carboxylic acids is 1. The summed E-state index contributed by atoms with van der Waals surface area (Å²) in [5, 5.41) is 3.55. The van der Waals surface area contributed by atoms with Crippen LogP contribution in [0.5, 0.6) is 5.75 Å². The van der Waals surface area contributed by atoms with E-state index in [1.54, 1.807) is 66.7 Å². The number of hydrogen-bond donors (Lipinski definition) is 1. The van der Waals surface area contributed by atoms with Gasteiger partial charge in [-0.05, 0) is 73.7 Å². The SMILES string of the molecule is CCOc1ccc(NC(=O)Cn2c(=O)n(-c3ccc(Cl)cc3)c(=O)c3cc(Br)ccc32)cc1. The zero-order chi connectivity index (χ0) is 23.5. The number of rotatable bonds is 6. The molecule has 4 aromatic rings. The third-order valence-electron chi connectivity index (χ3n) is 4.94. The van der Waals surface area contributed by atoms with Gasteiger partial charge in [-0.15, -0.1) is 0 Å². The number of aromatic nitrogens is 2. The first kappa shape index (κ1) is 22.8. The third kappa shape index (κ3) is 4.86. The molecule has 3 aromatic carbocycles. The lowest BCUT2D eigenvalue weighted by Crippen LogP contribution is -2.40. The third-order valence-corrected chi connectivity index (χ3v) is 5.69. The Morgan fingerprint density at radius 1 is 1.03 bits per heavy atom. The Labute approximate surface area is 202 Å². The predicted molar refractivity (Wildman–Crippen MR) is 133 cm³/mol. The molecule has 9 heteroatoms. The van der Waals surface area contributed by atoms with Crippen LogP contribution in [0.25, 0.3) is 16.6 Å². The fraction of sp³-hybridized carbons (Fsp3) is 0.125. The minimum absolute atomic E-state index is 0.280. The van der Waals surface area contributed by atoms with Gasteiger partial charge < -0.3 is 10.1 Å². The van der Waals surface area contributed by atoms with Crippen LogP contribution in [0.3, 0.4) is 0 Å². The number of fused-ring (bicyclic) bond motifs is 1. The number of amides is 1. The summed E-state index contributed by atoms with van der Waals surface area (Å²) in [6, 6.07) is 18.3. The molecular weight excluding hydrogens is 510 g/mol. The average Bonchev–Trinajstić information content (AvgIpc) is 2.79. The van der Waals surface area contributed by atoms with Gasteiger partial charge in [0.05, 0.1) is 23.2 Å². The Bertz CT molecular complexity index is 1440. The molecule has 0 fully saturated rings. The standard InChI is InChI=1S/C24H19BrClN3O4/c1-2-33-19-10-6-17(7-11-19)27-22(30)14-28-21-12-3-15(25)13-20(21)23(31)29(24(28)32)18-8-4-16(26)5-9-18/h3-13H,2,14H2,1H3,(H,27,30). The molecule has 0 radical (unpaired) electrons. The molecule has 0 bridgehead atoms. The van der Waals surface area contributed by atoms with Gasteiger partial charge in [-0.25, -0.2) is 9.36 Å². The van der Waals surface area contributed by atoms with E-state index in [0.717, 1.165) is 4.57 Å². The van der Waals surface area contributed by atoms with Crippen LogP contribution in [0.1, 0.15) is 6.92 Å². The van der Waals surface area contributed by atoms with Crippen molar-refractivity contribution >= 4 is 50.0 Å². The first-order valence-corrected chi connectivity index (χ1v) is 11.3. The number of benzene rings is 3. The molecule has 0 aliphatic rings. The molecule has 1 aromatic heterocycles. The molecule has 0 saturated heterocycles. The summed E-state index contributed by atoms with van der Waals surface area (Å²) in [6.07, 6.45) is 0. The van der Waals surface area contributed by atoms with Gasteiger partial charge in [0.15, 0.2) is 0 Å². The van der Waals surface area contributed by atoms with Gasteiger partial charge in [0.25, 0.3) is 5.56 Å². The Kier molecular flexibility index (Phi) is 6.67. The first-order chi connectivity index (χ1) is 15.9. The quantitative estimate of drug-likeness (QED) is 0.396. The number of ether oxygens (including phenoxy) is 1. The minimum Gasteiger partial charge on any atom is -0.494 e. The van der Waals surface area contributed by atoms with Gasteiger partial charge in [-0.3, -0.25) is 14.2 Å². The molecule has 0 unspecified atom stereocenters. The minimum atomic E-state index is -0.626. The Balaban J connectivity index is 1.76. The molecule has 4 rings (SSSR count). The van der Waals surface area contributed by atoms with Crippen molar-refractivity contribution in [3.8, 4) is 11.4 Å². The van der Waals surface area contributed by atoms with E-state index in [9.17, 15) is 14.4 Å². The van der Waals surface area contributed by atoms with Crippen molar-refractivity contribution in [2.24, 2.45) is 0 Å². The average molecular weight is 529 g/mol. The molecule has 0 saturated carbocycles. The van der Waals surface area contributed by atoms with E-state index in [1.165, 1.54) is 4.57 Å². The van der Waals surface area contributed by atoms with Gasteiger partial charge in [-0.1, -0.05) is 27.5 Å². The lowest BCUT2D eigenvalue weighted by molar-refractivity contribution is -0.116. The summed E-state index contributed by atoms with van der Waals surface area (Å²) in [7, 11) is 0. The second-order valence-corrected chi connectivity index (χ2v) is 8.50. The van der Waals surface area contributed by atoms with Crippen LogP contribution in [0.2, 0.25) is 5.02 Å². The summed E-state index contributed by atoms with van der Waals surface area (Å²) >= 11 is 9.33. The highest BCUT2D eigenvalue weighted by molar-refractivity contribution is 9.10. The van der Waals surface area contributed by atoms with Gasteiger partial charge in [0.2, 0.25) is 5.91 Å². The number of nitrogens with one attached hydrogen (secondary N) is 1. The highest BCUT2D eigenvalue weighted by atomic mass is 79.9. The topological polar surface area (TPSA) is 82.3 Å². The number of hydrogen-bond acceptors (Lipinski definition) is 4. The Morgan fingerprint density at radius 3 is 2.39 bits per heavy atom. The van der Waals surface area contributed by atoms with Crippen LogP contribution in [-0.4, -0.2) is 21.6 Å². The summed E-state index contributed by atoms with van der Waals surface area (Å²) in [6.45, 7) is 2.15. The number of halogens is 2. The molecule has 0 aliphatic carbocycles. The van der Waals surface area contributed by atoms with Crippen molar-refractivity contribution < 1.29 is 9.53 Å². The second-order valence-electron chi connectivity index (χ2n) is 7.15. The monoisotopic (exact) mass is 527 g/mol.